The summed E-state index contributed by atoms with van der Waals surface area (Å²) < 4.78 is 18.8. The summed E-state index contributed by atoms with van der Waals surface area (Å²) in [6.07, 6.45) is 2.16. The molecule has 1 aliphatic rings. The number of benzene rings is 2. The van der Waals surface area contributed by atoms with Gasteiger partial charge in [-0.05, 0) is 48.6 Å². The Balaban J connectivity index is 1.34. The lowest BCUT2D eigenvalue weighted by molar-refractivity contribution is 0.255. The highest BCUT2D eigenvalue weighted by molar-refractivity contribution is 5.24. The third-order valence-corrected chi connectivity index (χ3v) is 4.01. The summed E-state index contributed by atoms with van der Waals surface area (Å²) in [6, 6.07) is 17.3. The highest BCUT2D eigenvalue weighted by atomic mass is 19.1. The Bertz CT molecular complexity index is 566. The molecule has 0 aliphatic heterocycles. The van der Waals surface area contributed by atoms with E-state index < -0.39 is 0 Å². The Morgan fingerprint density at radius 1 is 1.05 bits per heavy atom. The van der Waals surface area contributed by atoms with E-state index in [1.807, 2.05) is 36.4 Å². The number of nitrogens with one attached hydrogen (secondary N) is 1. The van der Waals surface area contributed by atoms with Crippen molar-refractivity contribution in [2.75, 3.05) is 13.2 Å². The molecule has 0 heterocycles. The molecule has 0 amide bonds. The van der Waals surface area contributed by atoms with Crippen LogP contribution in [-0.4, -0.2) is 19.2 Å². The van der Waals surface area contributed by atoms with Crippen LogP contribution in [-0.2, 0) is 0 Å². The first-order valence-corrected chi connectivity index (χ1v) is 7.48. The summed E-state index contributed by atoms with van der Waals surface area (Å²) in [4.78, 5) is 0. The predicted molar refractivity (Wildman–Crippen MR) is 82.1 cm³/mol. The lowest BCUT2D eigenvalue weighted by Crippen LogP contribution is -2.41. The molecule has 110 valence electrons. The second kappa shape index (κ2) is 6.72. The van der Waals surface area contributed by atoms with E-state index in [4.69, 9.17) is 4.74 Å². The molecular weight excluding hydrogens is 265 g/mol. The Kier molecular flexibility index (Phi) is 4.51. The van der Waals surface area contributed by atoms with Crippen LogP contribution in [0.3, 0.4) is 0 Å². The summed E-state index contributed by atoms with van der Waals surface area (Å²) in [5.74, 6) is 1.26. The normalized spacial score (nSPS) is 20.8. The fraction of sp³-hybridized carbons (Fsp3) is 0.333. The maximum absolute atomic E-state index is 13.2. The van der Waals surface area contributed by atoms with Crippen LogP contribution in [0.4, 0.5) is 4.39 Å². The molecule has 0 radical (unpaired) electrons. The second-order valence-corrected chi connectivity index (χ2v) is 5.54. The number of hydrogen-bond acceptors (Lipinski definition) is 2. The number of rotatable bonds is 6. The second-order valence-electron chi connectivity index (χ2n) is 5.54. The van der Waals surface area contributed by atoms with Gasteiger partial charge < -0.3 is 10.1 Å². The topological polar surface area (TPSA) is 21.3 Å². The molecule has 0 saturated heterocycles. The largest absolute Gasteiger partial charge is 0.492 e. The fourth-order valence-corrected chi connectivity index (χ4v) is 2.77. The summed E-state index contributed by atoms with van der Waals surface area (Å²) in [6.45, 7) is 1.51. The van der Waals surface area contributed by atoms with Crippen molar-refractivity contribution in [2.45, 2.75) is 24.8 Å². The Hall–Kier alpha value is -1.87. The van der Waals surface area contributed by atoms with E-state index in [0.29, 0.717) is 18.6 Å². The van der Waals surface area contributed by atoms with Crippen LogP contribution in [0.2, 0.25) is 0 Å². The molecule has 1 N–H and O–H groups in total. The minimum absolute atomic E-state index is 0.139. The van der Waals surface area contributed by atoms with Crippen LogP contribution in [0.15, 0.2) is 54.6 Å². The van der Waals surface area contributed by atoms with E-state index in [1.165, 1.54) is 6.07 Å². The number of halogens is 1. The van der Waals surface area contributed by atoms with Gasteiger partial charge in [0.15, 0.2) is 0 Å². The van der Waals surface area contributed by atoms with E-state index in [1.54, 1.807) is 12.1 Å². The van der Waals surface area contributed by atoms with Crippen LogP contribution in [0.1, 0.15) is 24.3 Å². The van der Waals surface area contributed by atoms with Crippen molar-refractivity contribution >= 4 is 0 Å². The van der Waals surface area contributed by atoms with Gasteiger partial charge in [-0.15, -0.1) is 0 Å². The molecule has 0 atom stereocenters. The Morgan fingerprint density at radius 2 is 1.86 bits per heavy atom. The van der Waals surface area contributed by atoms with E-state index in [-0.39, 0.29) is 5.82 Å². The molecule has 1 fully saturated rings. The van der Waals surface area contributed by atoms with Gasteiger partial charge in [0.2, 0.25) is 0 Å². The van der Waals surface area contributed by atoms with E-state index >= 15 is 0 Å². The molecule has 0 spiro atoms. The third-order valence-electron chi connectivity index (χ3n) is 4.01. The SMILES string of the molecule is Fc1cccc(C2CC(NCCOc3ccccc3)C2)c1. The maximum atomic E-state index is 13.2. The van der Waals surface area contributed by atoms with Gasteiger partial charge in [0.25, 0.3) is 0 Å². The van der Waals surface area contributed by atoms with Crippen molar-refractivity contribution in [1.29, 1.82) is 0 Å². The van der Waals surface area contributed by atoms with Crippen molar-refractivity contribution in [3.8, 4) is 5.75 Å². The first kappa shape index (κ1) is 14.1. The molecule has 3 heteroatoms. The molecule has 3 rings (SSSR count). The zero-order valence-electron chi connectivity index (χ0n) is 12.0. The van der Waals surface area contributed by atoms with E-state index in [2.05, 4.69) is 5.32 Å². The average molecular weight is 285 g/mol. The summed E-state index contributed by atoms with van der Waals surface area (Å²) in [5, 5.41) is 3.48. The summed E-state index contributed by atoms with van der Waals surface area (Å²) in [7, 11) is 0. The van der Waals surface area contributed by atoms with Crippen molar-refractivity contribution in [1.82, 2.24) is 5.32 Å². The van der Waals surface area contributed by atoms with Gasteiger partial charge in [0, 0.05) is 12.6 Å². The van der Waals surface area contributed by atoms with Crippen LogP contribution >= 0.6 is 0 Å². The lowest BCUT2D eigenvalue weighted by Gasteiger charge is -2.36. The van der Waals surface area contributed by atoms with Crippen molar-refractivity contribution in [3.05, 3.63) is 66.0 Å². The number of para-hydroxylation sites is 1. The molecule has 1 aliphatic carbocycles. The summed E-state index contributed by atoms with van der Waals surface area (Å²) >= 11 is 0. The van der Waals surface area contributed by atoms with Crippen LogP contribution in [0.5, 0.6) is 5.75 Å². The van der Waals surface area contributed by atoms with Crippen LogP contribution in [0.25, 0.3) is 0 Å². The van der Waals surface area contributed by atoms with Crippen LogP contribution < -0.4 is 10.1 Å². The first-order valence-electron chi connectivity index (χ1n) is 7.48. The molecule has 2 aromatic carbocycles. The van der Waals surface area contributed by atoms with Crippen LogP contribution in [0, 0.1) is 5.82 Å². The number of hydrogen-bond donors (Lipinski definition) is 1. The third kappa shape index (κ3) is 3.82. The summed E-state index contributed by atoms with van der Waals surface area (Å²) in [5.41, 5.74) is 1.12. The minimum Gasteiger partial charge on any atom is -0.492 e. The quantitative estimate of drug-likeness (QED) is 0.816. The van der Waals surface area contributed by atoms with Gasteiger partial charge in [-0.3, -0.25) is 0 Å². The minimum atomic E-state index is -0.139. The zero-order valence-corrected chi connectivity index (χ0v) is 12.0. The van der Waals surface area contributed by atoms with Gasteiger partial charge in [0.05, 0.1) is 0 Å². The predicted octanol–water partition coefficient (Wildman–Crippen LogP) is 3.74. The van der Waals surface area contributed by atoms with E-state index in [0.717, 1.165) is 30.7 Å². The fourth-order valence-electron chi connectivity index (χ4n) is 2.77. The van der Waals surface area contributed by atoms with Gasteiger partial charge in [0.1, 0.15) is 18.2 Å². The molecule has 0 unspecified atom stereocenters. The molecule has 21 heavy (non-hydrogen) atoms. The Morgan fingerprint density at radius 3 is 2.62 bits per heavy atom. The van der Waals surface area contributed by atoms with Crippen molar-refractivity contribution < 1.29 is 9.13 Å². The van der Waals surface area contributed by atoms with Gasteiger partial charge in [-0.2, -0.15) is 0 Å². The maximum Gasteiger partial charge on any atom is 0.123 e. The standard InChI is InChI=1S/C18H20FNO/c19-16-6-4-5-14(11-16)15-12-17(13-15)20-9-10-21-18-7-2-1-3-8-18/h1-8,11,15,17,20H,9-10,12-13H2. The molecule has 1 saturated carbocycles. The first-order chi connectivity index (χ1) is 10.3. The Labute approximate surface area is 125 Å². The lowest BCUT2D eigenvalue weighted by atomic mass is 9.76. The van der Waals surface area contributed by atoms with Gasteiger partial charge >= 0.3 is 0 Å². The molecule has 0 aromatic heterocycles. The van der Waals surface area contributed by atoms with Crippen molar-refractivity contribution in [2.24, 2.45) is 0 Å². The average Bonchev–Trinajstić information content (AvgIpc) is 2.46. The highest BCUT2D eigenvalue weighted by Crippen LogP contribution is 2.36. The molecular formula is C18H20FNO. The zero-order chi connectivity index (χ0) is 14.5. The highest BCUT2D eigenvalue weighted by Gasteiger charge is 2.29. The molecule has 2 nitrogen and oxygen atoms in total. The smallest absolute Gasteiger partial charge is 0.123 e. The van der Waals surface area contributed by atoms with Gasteiger partial charge in [-0.25, -0.2) is 4.39 Å². The number of ether oxygens (including phenoxy) is 1. The van der Waals surface area contributed by atoms with Gasteiger partial charge in [-0.1, -0.05) is 30.3 Å². The monoisotopic (exact) mass is 285 g/mol. The van der Waals surface area contributed by atoms with Crippen molar-refractivity contribution in [3.63, 3.8) is 0 Å². The molecule has 0 bridgehead atoms. The van der Waals surface area contributed by atoms with E-state index in [9.17, 15) is 4.39 Å². The molecule has 2 aromatic rings.